The summed E-state index contributed by atoms with van der Waals surface area (Å²) in [5.41, 5.74) is 0. The lowest BCUT2D eigenvalue weighted by Gasteiger charge is -2.29. The number of likely N-dealkylation sites (N-methyl/N-ethyl adjacent to an activating group) is 1. The van der Waals surface area contributed by atoms with Crippen LogP contribution in [0, 0.1) is 0 Å². The minimum atomic E-state index is -0.101. The highest BCUT2D eigenvalue weighted by atomic mass is 16.7. The maximum Gasteiger partial charge on any atom is 0.172 e. The second-order valence-electron chi connectivity index (χ2n) is 11.9. The lowest BCUT2D eigenvalue weighted by Crippen LogP contribution is -2.40. The molecule has 0 aromatic heterocycles. The van der Waals surface area contributed by atoms with Gasteiger partial charge in [-0.1, -0.05) is 142 Å². The van der Waals surface area contributed by atoms with E-state index >= 15 is 0 Å². The van der Waals surface area contributed by atoms with Gasteiger partial charge in [0.15, 0.2) is 6.29 Å². The molecule has 2 atom stereocenters. The second kappa shape index (κ2) is 31.2. The van der Waals surface area contributed by atoms with Crippen molar-refractivity contribution in [3.8, 4) is 0 Å². The van der Waals surface area contributed by atoms with E-state index in [0.717, 1.165) is 26.1 Å². The van der Waals surface area contributed by atoms with Crippen LogP contribution in [0.1, 0.15) is 175 Å². The van der Waals surface area contributed by atoms with Crippen molar-refractivity contribution in [2.24, 2.45) is 0 Å². The molecule has 0 aliphatic rings. The van der Waals surface area contributed by atoms with Crippen LogP contribution in [0.3, 0.4) is 0 Å². The van der Waals surface area contributed by atoms with Crippen LogP contribution in [0.2, 0.25) is 0 Å². The smallest absolute Gasteiger partial charge is 0.172 e. The predicted molar refractivity (Wildman–Crippen MR) is 170 cm³/mol. The summed E-state index contributed by atoms with van der Waals surface area (Å²) in [6.45, 7) is 8.42. The average Bonchev–Trinajstić information content (AvgIpc) is 2.91. The molecule has 0 aliphatic heterocycles. The van der Waals surface area contributed by atoms with Crippen molar-refractivity contribution < 1.29 is 9.47 Å². The minimum absolute atomic E-state index is 0.101. The van der Waals surface area contributed by atoms with E-state index in [0.29, 0.717) is 0 Å². The molecule has 0 bridgehead atoms. The van der Waals surface area contributed by atoms with E-state index in [1.807, 2.05) is 0 Å². The Morgan fingerprint density at radius 2 is 0.789 bits per heavy atom. The SMILES string of the molecule is CCCCCCCC/C=C\CCCCCCCCCCCCOC(OCCCCCCCC)C(C)N(C)C. The topological polar surface area (TPSA) is 21.7 Å². The van der Waals surface area contributed by atoms with Gasteiger partial charge in [-0.2, -0.15) is 0 Å². The zero-order valence-electron chi connectivity index (χ0n) is 27.0. The summed E-state index contributed by atoms with van der Waals surface area (Å²) < 4.78 is 12.3. The standard InChI is InChI=1S/C35H71NO2/c1-6-8-10-12-14-15-16-17-18-19-20-21-22-23-24-25-26-27-29-31-33-38-35(34(3)36(4)5)37-32-30-28-13-11-9-7-2/h17-18,34-35H,6-16,19-33H2,1-5H3/b18-17-. The third kappa shape index (κ3) is 27.2. The molecule has 0 amide bonds. The first kappa shape index (κ1) is 37.6. The Kier molecular flexibility index (Phi) is 30.8. The Morgan fingerprint density at radius 3 is 1.13 bits per heavy atom. The highest BCUT2D eigenvalue weighted by Crippen LogP contribution is 2.14. The van der Waals surface area contributed by atoms with Gasteiger partial charge < -0.3 is 14.4 Å². The molecule has 0 rings (SSSR count). The fourth-order valence-corrected chi connectivity index (χ4v) is 4.91. The van der Waals surface area contributed by atoms with Crippen LogP contribution >= 0.6 is 0 Å². The van der Waals surface area contributed by atoms with E-state index in [2.05, 4.69) is 51.9 Å². The molecule has 0 heterocycles. The fourth-order valence-electron chi connectivity index (χ4n) is 4.91. The molecule has 3 nitrogen and oxygen atoms in total. The van der Waals surface area contributed by atoms with Crippen molar-refractivity contribution in [1.82, 2.24) is 4.90 Å². The summed E-state index contributed by atoms with van der Waals surface area (Å²) in [4.78, 5) is 2.21. The Balaban J connectivity index is 3.52. The third-order valence-corrected chi connectivity index (χ3v) is 7.93. The van der Waals surface area contributed by atoms with Crippen molar-refractivity contribution in [2.45, 2.75) is 187 Å². The van der Waals surface area contributed by atoms with Gasteiger partial charge in [-0.25, -0.2) is 0 Å². The molecule has 0 aromatic rings. The maximum atomic E-state index is 6.18. The molecule has 0 spiro atoms. The van der Waals surface area contributed by atoms with Crippen molar-refractivity contribution in [2.75, 3.05) is 27.3 Å². The average molecular weight is 538 g/mol. The van der Waals surface area contributed by atoms with Crippen LogP contribution in [0.4, 0.5) is 0 Å². The van der Waals surface area contributed by atoms with Gasteiger partial charge in [0, 0.05) is 13.2 Å². The first-order valence-corrected chi connectivity index (χ1v) is 17.2. The molecule has 0 radical (unpaired) electrons. The zero-order chi connectivity index (χ0) is 27.9. The molecular formula is C35H71NO2. The van der Waals surface area contributed by atoms with Crippen LogP contribution in [-0.2, 0) is 9.47 Å². The summed E-state index contributed by atoms with van der Waals surface area (Å²) in [7, 11) is 4.23. The molecule has 0 N–H and O–H groups in total. The van der Waals surface area contributed by atoms with Gasteiger partial charge in [-0.05, 0) is 59.5 Å². The van der Waals surface area contributed by atoms with Crippen molar-refractivity contribution in [1.29, 1.82) is 0 Å². The van der Waals surface area contributed by atoms with Gasteiger partial charge in [-0.3, -0.25) is 0 Å². The molecule has 2 unspecified atom stereocenters. The van der Waals surface area contributed by atoms with E-state index in [4.69, 9.17) is 9.47 Å². The zero-order valence-corrected chi connectivity index (χ0v) is 27.0. The lowest BCUT2D eigenvalue weighted by atomic mass is 10.1. The van der Waals surface area contributed by atoms with Gasteiger partial charge in [0.1, 0.15) is 0 Å². The van der Waals surface area contributed by atoms with Crippen LogP contribution in [0.25, 0.3) is 0 Å². The summed E-state index contributed by atoms with van der Waals surface area (Å²) in [5.74, 6) is 0. The first-order valence-electron chi connectivity index (χ1n) is 17.2. The van der Waals surface area contributed by atoms with E-state index < -0.39 is 0 Å². The van der Waals surface area contributed by atoms with Crippen molar-refractivity contribution >= 4 is 0 Å². The monoisotopic (exact) mass is 538 g/mol. The molecule has 38 heavy (non-hydrogen) atoms. The van der Waals surface area contributed by atoms with Gasteiger partial charge in [-0.15, -0.1) is 0 Å². The number of hydrogen-bond donors (Lipinski definition) is 0. The number of unbranched alkanes of at least 4 members (excludes halogenated alkanes) is 21. The summed E-state index contributed by atoms with van der Waals surface area (Å²) in [6.07, 6.45) is 37.2. The Hall–Kier alpha value is -0.380. The molecule has 0 aliphatic carbocycles. The molecule has 3 heteroatoms. The number of rotatable bonds is 31. The second-order valence-corrected chi connectivity index (χ2v) is 11.9. The van der Waals surface area contributed by atoms with E-state index in [1.165, 1.54) is 141 Å². The van der Waals surface area contributed by atoms with Crippen molar-refractivity contribution in [3.63, 3.8) is 0 Å². The van der Waals surface area contributed by atoms with Gasteiger partial charge in [0.25, 0.3) is 0 Å². The Labute approximate surface area is 240 Å². The molecule has 228 valence electrons. The number of hydrogen-bond acceptors (Lipinski definition) is 3. The summed E-state index contributed by atoms with van der Waals surface area (Å²) >= 11 is 0. The molecular weight excluding hydrogens is 466 g/mol. The van der Waals surface area contributed by atoms with Gasteiger partial charge >= 0.3 is 0 Å². The minimum Gasteiger partial charge on any atom is -0.351 e. The van der Waals surface area contributed by atoms with Crippen molar-refractivity contribution in [3.05, 3.63) is 12.2 Å². The normalized spacial score (nSPS) is 13.6. The van der Waals surface area contributed by atoms with Crippen LogP contribution in [0.5, 0.6) is 0 Å². The molecule has 0 fully saturated rings. The van der Waals surface area contributed by atoms with E-state index in [-0.39, 0.29) is 12.3 Å². The number of allylic oxidation sites excluding steroid dienone is 2. The number of ether oxygens (including phenoxy) is 2. The highest BCUT2D eigenvalue weighted by Gasteiger charge is 2.20. The molecule has 0 saturated carbocycles. The quantitative estimate of drug-likeness (QED) is 0.0498. The largest absolute Gasteiger partial charge is 0.351 e. The van der Waals surface area contributed by atoms with E-state index in [1.54, 1.807) is 0 Å². The predicted octanol–water partition coefficient (Wildman–Crippen LogP) is 11.3. The summed E-state index contributed by atoms with van der Waals surface area (Å²) in [5, 5.41) is 0. The fraction of sp³-hybridized carbons (Fsp3) is 0.943. The lowest BCUT2D eigenvalue weighted by molar-refractivity contribution is -0.172. The molecule has 0 aromatic carbocycles. The van der Waals surface area contributed by atoms with Crippen LogP contribution < -0.4 is 0 Å². The Bertz CT molecular complexity index is 465. The molecule has 0 saturated heterocycles. The first-order chi connectivity index (χ1) is 18.6. The van der Waals surface area contributed by atoms with Gasteiger partial charge in [0.2, 0.25) is 0 Å². The third-order valence-electron chi connectivity index (χ3n) is 7.93. The number of nitrogens with zero attached hydrogens (tertiary/aromatic N) is 1. The van der Waals surface area contributed by atoms with Gasteiger partial charge in [0.05, 0.1) is 6.04 Å². The van der Waals surface area contributed by atoms with E-state index in [9.17, 15) is 0 Å². The maximum absolute atomic E-state index is 6.18. The van der Waals surface area contributed by atoms with Crippen LogP contribution in [-0.4, -0.2) is 44.5 Å². The van der Waals surface area contributed by atoms with Crippen LogP contribution in [0.15, 0.2) is 12.2 Å². The highest BCUT2D eigenvalue weighted by molar-refractivity contribution is 4.81. The Morgan fingerprint density at radius 1 is 0.474 bits per heavy atom. The summed E-state index contributed by atoms with van der Waals surface area (Å²) in [6, 6.07) is 0.288.